The lowest BCUT2D eigenvalue weighted by atomic mass is 10.1. The minimum Gasteiger partial charge on any atom is -0.497 e. The third kappa shape index (κ3) is 5.11. The molecule has 5 nitrogen and oxygen atoms in total. The topological polar surface area (TPSA) is 71.2 Å². The van der Waals surface area contributed by atoms with Crippen LogP contribution in [0.1, 0.15) is 23.2 Å². The van der Waals surface area contributed by atoms with Gasteiger partial charge in [-0.3, -0.25) is 0 Å². The summed E-state index contributed by atoms with van der Waals surface area (Å²) in [6, 6.07) is 15.8. The molecule has 0 spiro atoms. The highest BCUT2D eigenvalue weighted by Crippen LogP contribution is 2.26. The van der Waals surface area contributed by atoms with E-state index in [4.69, 9.17) is 4.74 Å². The van der Waals surface area contributed by atoms with Crippen LogP contribution in [0.15, 0.2) is 48.5 Å². The molecular weight excluding hydrogens is 360 g/mol. The van der Waals surface area contributed by atoms with E-state index in [1.165, 1.54) is 0 Å². The number of ether oxygens (including phenoxy) is 1. The molecule has 0 unspecified atom stereocenters. The second kappa shape index (κ2) is 8.59. The minimum atomic E-state index is -3.27. The van der Waals surface area contributed by atoms with Crippen LogP contribution in [0.3, 0.4) is 0 Å². The Balaban J connectivity index is 1.55. The number of aromatic amines is 1. The van der Waals surface area contributed by atoms with Gasteiger partial charge >= 0.3 is 0 Å². The van der Waals surface area contributed by atoms with Crippen LogP contribution < -0.4 is 9.46 Å². The van der Waals surface area contributed by atoms with E-state index in [1.807, 2.05) is 55.5 Å². The number of nitrogens with one attached hydrogen (secondary N) is 2. The first kappa shape index (κ1) is 19.5. The maximum atomic E-state index is 12.3. The number of rotatable bonds is 9. The average Bonchev–Trinajstić information content (AvgIpc) is 2.97. The van der Waals surface area contributed by atoms with Gasteiger partial charge in [0.2, 0.25) is 10.0 Å². The number of aryl methyl sites for hydroxylation is 2. The maximum absolute atomic E-state index is 12.3. The summed E-state index contributed by atoms with van der Waals surface area (Å²) in [4.78, 5) is 3.35. The third-order valence-electron chi connectivity index (χ3n) is 4.75. The predicted octanol–water partition coefficient (Wildman–Crippen LogP) is 3.58. The van der Waals surface area contributed by atoms with Crippen LogP contribution in [0.4, 0.5) is 0 Å². The summed E-state index contributed by atoms with van der Waals surface area (Å²) in [5, 5.41) is 1.08. The minimum absolute atomic E-state index is 0.141. The van der Waals surface area contributed by atoms with Crippen LogP contribution >= 0.6 is 0 Å². The summed E-state index contributed by atoms with van der Waals surface area (Å²) in [6.07, 6.45) is 2.02. The molecule has 0 aliphatic heterocycles. The van der Waals surface area contributed by atoms with Crippen LogP contribution in [-0.4, -0.2) is 32.8 Å². The molecule has 2 aromatic carbocycles. The number of benzene rings is 2. The second-order valence-corrected chi connectivity index (χ2v) is 8.62. The Kier molecular flexibility index (Phi) is 6.19. The predicted molar refractivity (Wildman–Crippen MR) is 110 cm³/mol. The van der Waals surface area contributed by atoms with Crippen molar-refractivity contribution in [1.29, 1.82) is 0 Å². The molecule has 0 saturated carbocycles. The van der Waals surface area contributed by atoms with Gasteiger partial charge in [-0.1, -0.05) is 30.3 Å². The third-order valence-corrected chi connectivity index (χ3v) is 6.22. The van der Waals surface area contributed by atoms with Crippen LogP contribution in [-0.2, 0) is 22.9 Å². The number of aromatic nitrogens is 1. The van der Waals surface area contributed by atoms with E-state index in [0.717, 1.165) is 39.9 Å². The molecule has 6 heteroatoms. The molecule has 0 aliphatic rings. The van der Waals surface area contributed by atoms with Crippen LogP contribution in [0.5, 0.6) is 5.75 Å². The number of fused-ring (bicyclic) bond motifs is 1. The fraction of sp³-hybridized carbons (Fsp3) is 0.333. The first-order valence-corrected chi connectivity index (χ1v) is 10.8. The highest BCUT2D eigenvalue weighted by Gasteiger charge is 2.13. The second-order valence-electron chi connectivity index (χ2n) is 6.69. The van der Waals surface area contributed by atoms with Crippen LogP contribution in [0, 0.1) is 6.92 Å². The van der Waals surface area contributed by atoms with Gasteiger partial charge < -0.3 is 9.72 Å². The molecule has 3 aromatic rings. The quantitative estimate of drug-likeness (QED) is 0.590. The van der Waals surface area contributed by atoms with Gasteiger partial charge in [0.25, 0.3) is 0 Å². The lowest BCUT2D eigenvalue weighted by Gasteiger charge is -2.08. The SMILES string of the molecule is COc1ccc2[nH]c(C)c(CCNS(=O)(=O)CCCc3ccccc3)c2c1. The number of hydrogen-bond acceptors (Lipinski definition) is 3. The van der Waals surface area contributed by atoms with E-state index in [2.05, 4.69) is 9.71 Å². The monoisotopic (exact) mass is 386 g/mol. The highest BCUT2D eigenvalue weighted by molar-refractivity contribution is 7.89. The molecule has 2 N–H and O–H groups in total. The first-order valence-electron chi connectivity index (χ1n) is 9.15. The molecule has 0 amide bonds. The Hall–Kier alpha value is -2.31. The van der Waals surface area contributed by atoms with Gasteiger partial charge in [0.05, 0.1) is 12.9 Å². The Bertz CT molecular complexity index is 995. The zero-order chi connectivity index (χ0) is 19.3. The van der Waals surface area contributed by atoms with Crippen LogP contribution in [0.25, 0.3) is 10.9 Å². The smallest absolute Gasteiger partial charge is 0.211 e. The van der Waals surface area contributed by atoms with E-state index in [0.29, 0.717) is 19.4 Å². The Morgan fingerprint density at radius 2 is 1.85 bits per heavy atom. The normalized spacial score (nSPS) is 11.8. The van der Waals surface area contributed by atoms with Crippen LogP contribution in [0.2, 0.25) is 0 Å². The molecule has 0 fully saturated rings. The summed E-state index contributed by atoms with van der Waals surface area (Å²) in [6.45, 7) is 2.40. The number of H-pyrrole nitrogens is 1. The summed E-state index contributed by atoms with van der Waals surface area (Å²) in [5.41, 5.74) is 4.38. The molecule has 0 radical (unpaired) electrons. The van der Waals surface area contributed by atoms with Crippen molar-refractivity contribution in [2.24, 2.45) is 0 Å². The molecule has 0 atom stereocenters. The van der Waals surface area contributed by atoms with Gasteiger partial charge in [-0.2, -0.15) is 0 Å². The maximum Gasteiger partial charge on any atom is 0.211 e. The summed E-state index contributed by atoms with van der Waals surface area (Å²) < 4.78 is 32.6. The molecule has 3 rings (SSSR count). The Morgan fingerprint density at radius 3 is 2.59 bits per heavy atom. The van der Waals surface area contributed by atoms with Gasteiger partial charge in [-0.25, -0.2) is 13.1 Å². The summed E-state index contributed by atoms with van der Waals surface area (Å²) in [7, 11) is -1.63. The number of sulfonamides is 1. The molecular formula is C21H26N2O3S. The molecule has 144 valence electrons. The van der Waals surface area contributed by atoms with Crippen molar-refractivity contribution < 1.29 is 13.2 Å². The van der Waals surface area contributed by atoms with Crippen molar-refractivity contribution >= 4 is 20.9 Å². The molecule has 0 saturated heterocycles. The number of methoxy groups -OCH3 is 1. The highest BCUT2D eigenvalue weighted by atomic mass is 32.2. The van der Waals surface area contributed by atoms with E-state index >= 15 is 0 Å². The zero-order valence-corrected chi connectivity index (χ0v) is 16.6. The summed E-state index contributed by atoms with van der Waals surface area (Å²) in [5.74, 6) is 0.937. The van der Waals surface area contributed by atoms with E-state index in [1.54, 1.807) is 7.11 Å². The zero-order valence-electron chi connectivity index (χ0n) is 15.8. The van der Waals surface area contributed by atoms with Crippen molar-refractivity contribution in [2.45, 2.75) is 26.2 Å². The lowest BCUT2D eigenvalue weighted by molar-refractivity contribution is 0.415. The standard InChI is InChI=1S/C21H26N2O3S/c1-16-19(20-15-18(26-2)10-11-21(20)23-16)12-13-22-27(24,25)14-6-9-17-7-4-3-5-8-17/h3-5,7-8,10-11,15,22-23H,6,9,12-14H2,1-2H3. The first-order chi connectivity index (χ1) is 13.0. The van der Waals surface area contributed by atoms with Crippen molar-refractivity contribution in [2.75, 3.05) is 19.4 Å². The molecule has 1 heterocycles. The Morgan fingerprint density at radius 1 is 1.07 bits per heavy atom. The van der Waals surface area contributed by atoms with E-state index in [9.17, 15) is 8.42 Å². The molecule has 27 heavy (non-hydrogen) atoms. The molecule has 0 aliphatic carbocycles. The van der Waals surface area contributed by atoms with Gasteiger partial charge in [0, 0.05) is 23.1 Å². The van der Waals surface area contributed by atoms with Crippen molar-refractivity contribution in [3.8, 4) is 5.75 Å². The largest absolute Gasteiger partial charge is 0.497 e. The van der Waals surface area contributed by atoms with Gasteiger partial charge in [0.1, 0.15) is 5.75 Å². The van der Waals surface area contributed by atoms with Gasteiger partial charge in [-0.15, -0.1) is 0 Å². The van der Waals surface area contributed by atoms with Gasteiger partial charge in [-0.05, 0) is 55.5 Å². The lowest BCUT2D eigenvalue weighted by Crippen LogP contribution is -2.28. The van der Waals surface area contributed by atoms with Gasteiger partial charge in [0.15, 0.2) is 0 Å². The fourth-order valence-electron chi connectivity index (χ4n) is 3.33. The molecule has 1 aromatic heterocycles. The number of hydrogen-bond donors (Lipinski definition) is 2. The fourth-order valence-corrected chi connectivity index (χ4v) is 4.41. The van der Waals surface area contributed by atoms with Crippen molar-refractivity contribution in [3.63, 3.8) is 0 Å². The van der Waals surface area contributed by atoms with Crippen molar-refractivity contribution in [3.05, 3.63) is 65.4 Å². The molecule has 0 bridgehead atoms. The van der Waals surface area contributed by atoms with Crippen molar-refractivity contribution in [1.82, 2.24) is 9.71 Å². The summed E-state index contributed by atoms with van der Waals surface area (Å²) >= 11 is 0. The average molecular weight is 387 g/mol. The van der Waals surface area contributed by atoms with E-state index < -0.39 is 10.0 Å². The Labute approximate surface area is 160 Å². The van der Waals surface area contributed by atoms with E-state index in [-0.39, 0.29) is 5.75 Å².